The van der Waals surface area contributed by atoms with Crippen molar-refractivity contribution < 1.29 is 4.79 Å². The molecule has 0 fully saturated rings. The molecule has 2 aromatic rings. The molecule has 0 atom stereocenters. The SMILES string of the molecule is CCC(=O)/C(=C/c1cc(=O)[nH]c(SCc2ccc(Cl)c(Cl)c2)n1)SC(C)=S. The molecule has 1 aromatic heterocycles. The van der Waals surface area contributed by atoms with Gasteiger partial charge in [0.25, 0.3) is 5.56 Å². The summed E-state index contributed by atoms with van der Waals surface area (Å²) in [7, 11) is 0. The van der Waals surface area contributed by atoms with Crippen molar-refractivity contribution in [2.75, 3.05) is 0 Å². The smallest absolute Gasteiger partial charge is 0.252 e. The summed E-state index contributed by atoms with van der Waals surface area (Å²) < 4.78 is 0.627. The molecule has 0 spiro atoms. The third-order valence-corrected chi connectivity index (χ3v) is 6.01. The van der Waals surface area contributed by atoms with Crippen LogP contribution < -0.4 is 5.56 Å². The van der Waals surface area contributed by atoms with Gasteiger partial charge in [0.05, 0.1) is 20.6 Å². The fourth-order valence-electron chi connectivity index (χ4n) is 2.01. The summed E-state index contributed by atoms with van der Waals surface area (Å²) in [5, 5.41) is 1.42. The van der Waals surface area contributed by atoms with Gasteiger partial charge >= 0.3 is 0 Å². The molecule has 1 N–H and O–H groups in total. The summed E-state index contributed by atoms with van der Waals surface area (Å²) in [5.41, 5.74) is 1.07. The maximum atomic E-state index is 12.1. The number of rotatable bonds is 7. The van der Waals surface area contributed by atoms with Crippen LogP contribution in [0.5, 0.6) is 0 Å². The maximum absolute atomic E-state index is 12.1. The van der Waals surface area contributed by atoms with Gasteiger partial charge in [-0.3, -0.25) is 9.59 Å². The highest BCUT2D eigenvalue weighted by Gasteiger charge is 2.11. The number of halogens is 2. The van der Waals surface area contributed by atoms with E-state index >= 15 is 0 Å². The van der Waals surface area contributed by atoms with Gasteiger partial charge in [-0.25, -0.2) is 4.98 Å². The molecule has 0 unspecified atom stereocenters. The quantitative estimate of drug-likeness (QED) is 0.246. The summed E-state index contributed by atoms with van der Waals surface area (Å²) >= 11 is 19.6. The number of hydrogen-bond acceptors (Lipinski definition) is 6. The van der Waals surface area contributed by atoms with E-state index in [-0.39, 0.29) is 11.3 Å². The van der Waals surface area contributed by atoms with E-state index in [4.69, 9.17) is 35.4 Å². The number of allylic oxidation sites excluding steroid dienone is 1. The first kappa shape index (κ1) is 22.2. The summed E-state index contributed by atoms with van der Waals surface area (Å²) in [6.45, 7) is 3.53. The first-order chi connectivity index (χ1) is 12.8. The van der Waals surface area contributed by atoms with Crippen molar-refractivity contribution in [2.24, 2.45) is 0 Å². The monoisotopic (exact) mass is 458 g/mol. The van der Waals surface area contributed by atoms with Gasteiger partial charge in [0.1, 0.15) is 0 Å². The molecule has 1 aromatic carbocycles. The highest BCUT2D eigenvalue weighted by Crippen LogP contribution is 2.27. The lowest BCUT2D eigenvalue weighted by Gasteiger charge is -2.06. The lowest BCUT2D eigenvalue weighted by atomic mass is 10.2. The van der Waals surface area contributed by atoms with E-state index in [1.807, 2.05) is 6.07 Å². The number of nitrogens with zero attached hydrogens (tertiary/aromatic N) is 1. The Balaban J connectivity index is 2.25. The van der Waals surface area contributed by atoms with Crippen LogP contribution in [0.2, 0.25) is 10.0 Å². The van der Waals surface area contributed by atoms with E-state index in [0.717, 1.165) is 5.56 Å². The second-order valence-electron chi connectivity index (χ2n) is 5.39. The first-order valence-corrected chi connectivity index (χ1v) is 10.9. The van der Waals surface area contributed by atoms with Crippen molar-refractivity contribution in [1.82, 2.24) is 9.97 Å². The fourth-order valence-corrected chi connectivity index (χ4v) is 4.17. The standard InChI is InChI=1S/C18H16Cl2N2O2S3/c1-3-15(23)16(27-10(2)25)7-12-8-17(24)22-18(21-12)26-9-11-4-5-13(19)14(20)6-11/h4-8H,3,9H2,1-2H3,(H,21,22,24)/b16-7-. The molecule has 1 heterocycles. The van der Waals surface area contributed by atoms with Crippen molar-refractivity contribution in [2.45, 2.75) is 31.2 Å². The molecule has 0 saturated carbocycles. The Morgan fingerprint density at radius 2 is 2.04 bits per heavy atom. The van der Waals surface area contributed by atoms with Gasteiger partial charge < -0.3 is 4.98 Å². The van der Waals surface area contributed by atoms with E-state index in [1.165, 1.54) is 29.6 Å². The Morgan fingerprint density at radius 1 is 1.30 bits per heavy atom. The normalized spacial score (nSPS) is 11.5. The molecule has 0 bridgehead atoms. The largest absolute Gasteiger partial charge is 0.301 e. The third kappa shape index (κ3) is 7.08. The zero-order valence-electron chi connectivity index (χ0n) is 14.5. The van der Waals surface area contributed by atoms with Crippen molar-refractivity contribution in [1.29, 1.82) is 0 Å². The zero-order chi connectivity index (χ0) is 20.0. The minimum Gasteiger partial charge on any atom is -0.301 e. The first-order valence-electron chi connectivity index (χ1n) is 7.90. The number of nitrogens with one attached hydrogen (secondary N) is 1. The maximum Gasteiger partial charge on any atom is 0.252 e. The number of ketones is 1. The molecule has 0 aliphatic heterocycles. The molecule has 0 aliphatic rings. The van der Waals surface area contributed by atoms with Crippen LogP contribution in [0.1, 0.15) is 31.5 Å². The summed E-state index contributed by atoms with van der Waals surface area (Å²) in [6, 6.07) is 6.71. The van der Waals surface area contributed by atoms with E-state index in [0.29, 0.717) is 42.2 Å². The minimum atomic E-state index is -0.291. The van der Waals surface area contributed by atoms with Crippen molar-refractivity contribution >= 4 is 75.0 Å². The molecule has 0 aliphatic carbocycles. The molecule has 2 rings (SSSR count). The second kappa shape index (κ2) is 10.4. The number of aromatic amines is 1. The van der Waals surface area contributed by atoms with Gasteiger partial charge in [-0.05, 0) is 30.7 Å². The highest BCUT2D eigenvalue weighted by atomic mass is 35.5. The van der Waals surface area contributed by atoms with E-state index in [1.54, 1.807) is 32.1 Å². The average molecular weight is 459 g/mol. The van der Waals surface area contributed by atoms with E-state index in [2.05, 4.69) is 9.97 Å². The highest BCUT2D eigenvalue weighted by molar-refractivity contribution is 8.26. The molecule has 0 saturated heterocycles. The summed E-state index contributed by atoms with van der Waals surface area (Å²) in [5.74, 6) is 0.512. The Morgan fingerprint density at radius 3 is 2.67 bits per heavy atom. The minimum absolute atomic E-state index is 0.0451. The van der Waals surface area contributed by atoms with Crippen LogP contribution in [-0.2, 0) is 10.5 Å². The number of thioether (sulfide) groups is 2. The second-order valence-corrected chi connectivity index (χ2v) is 9.30. The van der Waals surface area contributed by atoms with Crippen molar-refractivity contribution in [3.05, 3.63) is 60.8 Å². The Kier molecular flexibility index (Phi) is 8.57. The Bertz CT molecular complexity index is 958. The van der Waals surface area contributed by atoms with E-state index < -0.39 is 0 Å². The van der Waals surface area contributed by atoms with Crippen LogP contribution in [0.3, 0.4) is 0 Å². The molecular formula is C18H16Cl2N2O2S3. The molecule has 142 valence electrons. The Labute approximate surface area is 181 Å². The number of Topliss-reactive ketones (excluding diaryl/α,β-unsaturated/α-hetero) is 1. The summed E-state index contributed by atoms with van der Waals surface area (Å²) in [6.07, 6.45) is 1.95. The number of H-pyrrole nitrogens is 1. The topological polar surface area (TPSA) is 62.8 Å². The third-order valence-electron chi connectivity index (χ3n) is 3.23. The molecule has 0 amide bonds. The zero-order valence-corrected chi connectivity index (χ0v) is 18.5. The number of hydrogen-bond donors (Lipinski definition) is 1. The fraction of sp³-hybridized carbons (Fsp3) is 0.222. The van der Waals surface area contributed by atoms with Crippen LogP contribution in [0, 0.1) is 0 Å². The molecule has 0 radical (unpaired) electrons. The van der Waals surface area contributed by atoms with Crippen LogP contribution in [0.15, 0.2) is 39.1 Å². The molecule has 27 heavy (non-hydrogen) atoms. The van der Waals surface area contributed by atoms with Crippen LogP contribution in [0.4, 0.5) is 0 Å². The van der Waals surface area contributed by atoms with Gasteiger partial charge in [0, 0.05) is 22.4 Å². The number of thiocarbonyl (C=S) groups is 1. The number of carbonyl (C=O) groups is 1. The van der Waals surface area contributed by atoms with Gasteiger partial charge in [0.2, 0.25) is 0 Å². The average Bonchev–Trinajstić information content (AvgIpc) is 2.60. The van der Waals surface area contributed by atoms with Crippen molar-refractivity contribution in [3.8, 4) is 0 Å². The number of carbonyl (C=O) groups excluding carboxylic acids is 1. The van der Waals surface area contributed by atoms with E-state index in [9.17, 15) is 9.59 Å². The van der Waals surface area contributed by atoms with Crippen LogP contribution >= 0.6 is 58.9 Å². The molecular weight excluding hydrogens is 443 g/mol. The number of benzene rings is 1. The van der Waals surface area contributed by atoms with Crippen LogP contribution in [0.25, 0.3) is 6.08 Å². The van der Waals surface area contributed by atoms with Gasteiger partial charge in [0.15, 0.2) is 10.9 Å². The lowest BCUT2D eigenvalue weighted by molar-refractivity contribution is -0.114. The van der Waals surface area contributed by atoms with Crippen LogP contribution in [-0.4, -0.2) is 19.9 Å². The van der Waals surface area contributed by atoms with Gasteiger partial charge in [-0.15, -0.1) is 0 Å². The summed E-state index contributed by atoms with van der Waals surface area (Å²) in [4.78, 5) is 31.7. The van der Waals surface area contributed by atoms with Gasteiger partial charge in [-0.2, -0.15) is 0 Å². The molecule has 9 heteroatoms. The predicted molar refractivity (Wildman–Crippen MR) is 120 cm³/mol. The molecule has 4 nitrogen and oxygen atoms in total. The van der Waals surface area contributed by atoms with Gasteiger partial charge in [-0.1, -0.05) is 71.9 Å². The predicted octanol–water partition coefficient (Wildman–Crippen LogP) is 5.77. The Hall–Kier alpha value is -1.12. The van der Waals surface area contributed by atoms with Crippen molar-refractivity contribution in [3.63, 3.8) is 0 Å². The lowest BCUT2D eigenvalue weighted by Crippen LogP contribution is -2.09. The number of aromatic nitrogens is 2.